The van der Waals surface area contributed by atoms with E-state index in [1.807, 2.05) is 0 Å². The third kappa shape index (κ3) is 2.52. The van der Waals surface area contributed by atoms with Gasteiger partial charge in [0.05, 0.1) is 0 Å². The lowest BCUT2D eigenvalue weighted by atomic mass is 9.97. The van der Waals surface area contributed by atoms with Gasteiger partial charge in [-0.25, -0.2) is 4.98 Å². The number of hydrogen-bond acceptors (Lipinski definition) is 3. The molecular weight excluding hydrogens is 236 g/mol. The molecule has 1 atom stereocenters. The first-order valence-electron chi connectivity index (χ1n) is 7.18. The molecule has 19 heavy (non-hydrogen) atoms. The summed E-state index contributed by atoms with van der Waals surface area (Å²) in [5.74, 6) is 0.816. The highest BCUT2D eigenvalue weighted by molar-refractivity contribution is 5.73. The van der Waals surface area contributed by atoms with Gasteiger partial charge in [-0.1, -0.05) is 33.3 Å². The van der Waals surface area contributed by atoms with Crippen molar-refractivity contribution in [1.29, 1.82) is 0 Å². The molecule has 1 aromatic heterocycles. The summed E-state index contributed by atoms with van der Waals surface area (Å²) in [6.45, 7) is 7.50. The minimum Gasteiger partial charge on any atom is -0.440 e. The lowest BCUT2D eigenvalue weighted by molar-refractivity contribution is 0.410. The van der Waals surface area contributed by atoms with Crippen molar-refractivity contribution in [2.75, 3.05) is 6.54 Å². The molecule has 1 aliphatic rings. The minimum atomic E-state index is -0.0394. The molecule has 1 N–H and O–H groups in total. The van der Waals surface area contributed by atoms with E-state index in [-0.39, 0.29) is 5.41 Å². The van der Waals surface area contributed by atoms with Gasteiger partial charge in [-0.15, -0.1) is 0 Å². The molecule has 0 bridgehead atoms. The van der Waals surface area contributed by atoms with Gasteiger partial charge in [-0.05, 0) is 37.1 Å². The van der Waals surface area contributed by atoms with Gasteiger partial charge in [-0.3, -0.25) is 0 Å². The second-order valence-corrected chi connectivity index (χ2v) is 6.50. The van der Waals surface area contributed by atoms with Crippen molar-refractivity contribution in [2.24, 2.45) is 0 Å². The largest absolute Gasteiger partial charge is 0.440 e. The third-order valence-corrected chi connectivity index (χ3v) is 3.77. The fraction of sp³-hybridized carbons (Fsp3) is 0.562. The summed E-state index contributed by atoms with van der Waals surface area (Å²) in [5.41, 5.74) is 3.17. The van der Waals surface area contributed by atoms with Crippen LogP contribution in [0.5, 0.6) is 0 Å². The van der Waals surface area contributed by atoms with E-state index in [1.54, 1.807) is 0 Å². The van der Waals surface area contributed by atoms with Crippen molar-refractivity contribution in [3.63, 3.8) is 0 Å². The third-order valence-electron chi connectivity index (χ3n) is 3.77. The molecule has 0 aliphatic carbocycles. The van der Waals surface area contributed by atoms with E-state index in [4.69, 9.17) is 4.42 Å². The summed E-state index contributed by atoms with van der Waals surface area (Å²) >= 11 is 0. The quantitative estimate of drug-likeness (QED) is 0.842. The van der Waals surface area contributed by atoms with Gasteiger partial charge in [0.25, 0.3) is 0 Å². The zero-order valence-corrected chi connectivity index (χ0v) is 12.0. The Balaban J connectivity index is 1.96. The number of fused-ring (bicyclic) bond motifs is 1. The maximum Gasteiger partial charge on any atom is 0.200 e. The Bertz CT molecular complexity index is 574. The number of aromatic nitrogens is 1. The van der Waals surface area contributed by atoms with Gasteiger partial charge in [-0.2, -0.15) is 0 Å². The Morgan fingerprint density at radius 3 is 2.79 bits per heavy atom. The second-order valence-electron chi connectivity index (χ2n) is 6.50. The average Bonchev–Trinajstić information content (AvgIpc) is 2.82. The Morgan fingerprint density at radius 1 is 1.26 bits per heavy atom. The molecule has 102 valence electrons. The molecule has 0 saturated carbocycles. The van der Waals surface area contributed by atoms with E-state index in [2.05, 4.69) is 49.3 Å². The van der Waals surface area contributed by atoms with Gasteiger partial charge in [0.15, 0.2) is 5.58 Å². The van der Waals surface area contributed by atoms with E-state index < -0.39 is 0 Å². The first-order chi connectivity index (χ1) is 9.04. The van der Waals surface area contributed by atoms with Crippen LogP contribution in [0.3, 0.4) is 0 Å². The molecule has 0 radical (unpaired) electrons. The van der Waals surface area contributed by atoms with Crippen LogP contribution in [-0.2, 0) is 5.41 Å². The number of hydrogen-bond donors (Lipinski definition) is 1. The van der Waals surface area contributed by atoms with Crippen LogP contribution < -0.4 is 5.32 Å². The molecule has 1 fully saturated rings. The van der Waals surface area contributed by atoms with Crippen LogP contribution in [-0.4, -0.2) is 11.5 Å². The van der Waals surface area contributed by atoms with Crippen LogP contribution >= 0.6 is 0 Å². The number of piperidine rings is 1. The number of nitrogens with one attached hydrogen (secondary N) is 1. The normalized spacial score (nSPS) is 20.9. The maximum absolute atomic E-state index is 5.84. The molecule has 2 heterocycles. The molecule has 3 heteroatoms. The van der Waals surface area contributed by atoms with E-state index in [1.165, 1.54) is 24.8 Å². The minimum absolute atomic E-state index is 0.0394. The van der Waals surface area contributed by atoms with Gasteiger partial charge in [0.2, 0.25) is 5.89 Å². The first-order valence-corrected chi connectivity index (χ1v) is 7.18. The highest BCUT2D eigenvalue weighted by Gasteiger charge is 2.22. The Labute approximate surface area is 114 Å². The maximum atomic E-state index is 5.84. The highest BCUT2D eigenvalue weighted by Crippen LogP contribution is 2.29. The highest BCUT2D eigenvalue weighted by atomic mass is 16.3. The molecule has 0 spiro atoms. The summed E-state index contributed by atoms with van der Waals surface area (Å²) in [5, 5.41) is 3.58. The number of oxazole rings is 1. The molecule has 0 amide bonds. The predicted molar refractivity (Wildman–Crippen MR) is 77.3 cm³/mol. The van der Waals surface area contributed by atoms with Crippen molar-refractivity contribution in [3.05, 3.63) is 29.7 Å². The Morgan fingerprint density at radius 2 is 2.11 bits per heavy atom. The topological polar surface area (TPSA) is 38.1 Å². The molecule has 2 aromatic rings. The summed E-state index contributed by atoms with van der Waals surface area (Å²) in [7, 11) is 0. The molecule has 3 nitrogen and oxygen atoms in total. The number of benzene rings is 1. The smallest absolute Gasteiger partial charge is 0.200 e. The fourth-order valence-electron chi connectivity index (χ4n) is 2.62. The average molecular weight is 258 g/mol. The zero-order chi connectivity index (χ0) is 13.5. The fourth-order valence-corrected chi connectivity index (χ4v) is 2.62. The second kappa shape index (κ2) is 4.64. The van der Waals surface area contributed by atoms with E-state index >= 15 is 0 Å². The summed E-state index contributed by atoms with van der Waals surface area (Å²) in [4.78, 5) is 4.65. The summed E-state index contributed by atoms with van der Waals surface area (Å²) in [6.07, 6.45) is 3.81. The zero-order valence-electron chi connectivity index (χ0n) is 12.0. The van der Waals surface area contributed by atoms with Crippen molar-refractivity contribution in [2.45, 2.75) is 51.5 Å². The van der Waals surface area contributed by atoms with E-state index in [9.17, 15) is 0 Å². The molecule has 1 aromatic carbocycles. The number of rotatable bonds is 1. The Hall–Kier alpha value is -1.35. The summed E-state index contributed by atoms with van der Waals surface area (Å²) in [6, 6.07) is 6.89. The van der Waals surface area contributed by atoms with Crippen LogP contribution in [0.15, 0.2) is 22.6 Å². The molecule has 1 unspecified atom stereocenters. The van der Waals surface area contributed by atoms with Crippen LogP contribution in [0.25, 0.3) is 11.1 Å². The van der Waals surface area contributed by atoms with Crippen molar-refractivity contribution >= 4 is 11.1 Å². The van der Waals surface area contributed by atoms with Crippen LogP contribution in [0.4, 0.5) is 0 Å². The summed E-state index contributed by atoms with van der Waals surface area (Å²) < 4.78 is 5.84. The van der Waals surface area contributed by atoms with Gasteiger partial charge < -0.3 is 9.73 Å². The molecule has 3 rings (SSSR count). The molecule has 1 saturated heterocycles. The van der Waals surface area contributed by atoms with Gasteiger partial charge in [0.1, 0.15) is 5.52 Å². The van der Waals surface area contributed by atoms with E-state index in [0.29, 0.717) is 6.04 Å². The Kier molecular flexibility index (Phi) is 3.09. The lowest BCUT2D eigenvalue weighted by Gasteiger charge is -2.23. The first kappa shape index (κ1) is 12.7. The van der Waals surface area contributed by atoms with Gasteiger partial charge in [0, 0.05) is 11.5 Å². The number of nitrogens with zero attached hydrogens (tertiary/aromatic N) is 1. The van der Waals surface area contributed by atoms with Crippen molar-refractivity contribution in [3.8, 4) is 0 Å². The van der Waals surface area contributed by atoms with Crippen LogP contribution in [0, 0.1) is 0 Å². The van der Waals surface area contributed by atoms with Crippen LogP contribution in [0.1, 0.15) is 57.5 Å². The predicted octanol–water partition coefficient (Wildman–Crippen LogP) is 3.94. The standard InChI is InChI=1S/C16H22N2O/c1-16(2,3)15-18-13-10-11(7-8-14(13)19-15)12-6-4-5-9-17-12/h7-8,10,12,17H,4-6,9H2,1-3H3. The van der Waals surface area contributed by atoms with E-state index in [0.717, 1.165) is 23.5 Å². The SMILES string of the molecule is CC(C)(C)c1nc2cc(C3CCCCN3)ccc2o1. The van der Waals surface area contributed by atoms with Crippen LogP contribution in [0.2, 0.25) is 0 Å². The monoisotopic (exact) mass is 258 g/mol. The van der Waals surface area contributed by atoms with Gasteiger partial charge >= 0.3 is 0 Å². The lowest BCUT2D eigenvalue weighted by Crippen LogP contribution is -2.26. The van der Waals surface area contributed by atoms with Crippen molar-refractivity contribution < 1.29 is 4.42 Å². The van der Waals surface area contributed by atoms with Crippen molar-refractivity contribution in [1.82, 2.24) is 10.3 Å². The molecular formula is C16H22N2O. The molecule has 1 aliphatic heterocycles.